The molecule has 0 aliphatic carbocycles. The van der Waals surface area contributed by atoms with Crippen molar-refractivity contribution in [1.82, 2.24) is 0 Å². The number of halogens is 5. The lowest BCUT2D eigenvalue weighted by molar-refractivity contribution is -0.387. The molecule has 0 saturated carbocycles. The van der Waals surface area contributed by atoms with Crippen LogP contribution in [0.25, 0.3) is 11.1 Å². The van der Waals surface area contributed by atoms with Crippen LogP contribution in [-0.2, 0) is 6.18 Å². The molecule has 0 saturated heterocycles. The lowest BCUT2D eigenvalue weighted by Gasteiger charge is -2.12. The van der Waals surface area contributed by atoms with E-state index in [9.17, 15) is 23.3 Å². The molecular weight excluding hydrogens is 330 g/mol. The van der Waals surface area contributed by atoms with Gasteiger partial charge in [-0.3, -0.25) is 10.1 Å². The summed E-state index contributed by atoms with van der Waals surface area (Å²) in [5.74, 6) is 0. The van der Waals surface area contributed by atoms with Gasteiger partial charge >= 0.3 is 6.18 Å². The summed E-state index contributed by atoms with van der Waals surface area (Å²) in [6.07, 6.45) is -4.84. The third-order valence-electron chi connectivity index (χ3n) is 2.77. The van der Waals surface area contributed by atoms with Gasteiger partial charge in [-0.1, -0.05) is 41.4 Å². The van der Waals surface area contributed by atoms with E-state index >= 15 is 0 Å². The number of nitro benzene ring substituents is 1. The van der Waals surface area contributed by atoms with Crippen LogP contribution in [0.4, 0.5) is 18.9 Å². The molecule has 3 nitrogen and oxygen atoms in total. The summed E-state index contributed by atoms with van der Waals surface area (Å²) in [6, 6.07) is 7.20. The first-order valence-electron chi connectivity index (χ1n) is 5.52. The quantitative estimate of drug-likeness (QED) is 0.530. The third kappa shape index (κ3) is 2.96. The van der Waals surface area contributed by atoms with E-state index < -0.39 is 22.4 Å². The fourth-order valence-corrected chi connectivity index (χ4v) is 2.30. The van der Waals surface area contributed by atoms with Crippen LogP contribution in [0.3, 0.4) is 0 Å². The molecule has 2 aromatic rings. The summed E-state index contributed by atoms with van der Waals surface area (Å²) in [5.41, 5.74) is -2.54. The maximum Gasteiger partial charge on any atom is 0.423 e. The number of hydrogen-bond donors (Lipinski definition) is 0. The average Bonchev–Trinajstić information content (AvgIpc) is 2.40. The third-order valence-corrected chi connectivity index (χ3v) is 3.58. The predicted octanol–water partition coefficient (Wildman–Crippen LogP) is 5.59. The van der Waals surface area contributed by atoms with Crippen LogP contribution in [0.1, 0.15) is 5.56 Å². The Morgan fingerprint density at radius 2 is 1.57 bits per heavy atom. The molecule has 0 heterocycles. The summed E-state index contributed by atoms with van der Waals surface area (Å²) in [4.78, 5) is 10.0. The Balaban J connectivity index is 2.82. The molecule has 0 aromatic heterocycles. The zero-order valence-electron chi connectivity index (χ0n) is 10.1. The summed E-state index contributed by atoms with van der Waals surface area (Å²) >= 11 is 11.7. The van der Waals surface area contributed by atoms with E-state index in [0.29, 0.717) is 6.07 Å². The molecule has 0 bridgehead atoms. The van der Waals surface area contributed by atoms with Crippen molar-refractivity contribution in [2.45, 2.75) is 6.18 Å². The minimum absolute atomic E-state index is 0.0402. The molecule has 0 amide bonds. The molecule has 2 rings (SSSR count). The van der Waals surface area contributed by atoms with E-state index in [2.05, 4.69) is 0 Å². The monoisotopic (exact) mass is 335 g/mol. The highest BCUT2D eigenvalue weighted by molar-refractivity contribution is 6.43. The van der Waals surface area contributed by atoms with E-state index in [1.165, 1.54) is 24.3 Å². The van der Waals surface area contributed by atoms with Gasteiger partial charge in [-0.25, -0.2) is 0 Å². The van der Waals surface area contributed by atoms with Crippen molar-refractivity contribution < 1.29 is 18.1 Å². The molecule has 0 spiro atoms. The van der Waals surface area contributed by atoms with Crippen LogP contribution < -0.4 is 0 Å². The minimum atomic E-state index is -4.84. The summed E-state index contributed by atoms with van der Waals surface area (Å²) in [7, 11) is 0. The molecule has 21 heavy (non-hydrogen) atoms. The van der Waals surface area contributed by atoms with E-state index in [0.717, 1.165) is 6.07 Å². The van der Waals surface area contributed by atoms with Gasteiger partial charge in [-0.2, -0.15) is 13.2 Å². The lowest BCUT2D eigenvalue weighted by Crippen LogP contribution is -2.09. The highest BCUT2D eigenvalue weighted by atomic mass is 35.5. The fourth-order valence-electron chi connectivity index (χ4n) is 1.90. The number of nitro groups is 1. The Bertz CT molecular complexity index is 717. The highest BCUT2D eigenvalue weighted by Gasteiger charge is 2.40. The first-order valence-corrected chi connectivity index (χ1v) is 6.28. The fraction of sp³-hybridized carbons (Fsp3) is 0.0769. The van der Waals surface area contributed by atoms with Gasteiger partial charge in [-0.15, -0.1) is 0 Å². The summed E-state index contributed by atoms with van der Waals surface area (Å²) < 4.78 is 38.8. The Hall–Kier alpha value is -1.79. The van der Waals surface area contributed by atoms with Crippen LogP contribution >= 0.6 is 23.2 Å². The van der Waals surface area contributed by atoms with Gasteiger partial charge in [0.15, 0.2) is 0 Å². The van der Waals surface area contributed by atoms with Gasteiger partial charge in [-0.05, 0) is 18.2 Å². The van der Waals surface area contributed by atoms with E-state index in [4.69, 9.17) is 23.2 Å². The lowest BCUT2D eigenvalue weighted by atomic mass is 10.00. The second kappa shape index (κ2) is 5.54. The Kier molecular flexibility index (Phi) is 4.11. The standard InChI is InChI=1S/C13H6Cl2F3NO2/c14-10-6-2-3-7(11(10)15)8-4-1-5-9(13(16,17)18)12(8)19(20)21/h1-6H. The Morgan fingerprint density at radius 3 is 2.14 bits per heavy atom. The SMILES string of the molecule is O=[N+]([O-])c1c(-c2cccc(Cl)c2Cl)cccc1C(F)(F)F. The summed E-state index contributed by atoms with van der Waals surface area (Å²) in [6.45, 7) is 0. The second-order valence-electron chi connectivity index (χ2n) is 4.06. The van der Waals surface area contributed by atoms with Crippen LogP contribution in [0, 0.1) is 10.1 Å². The van der Waals surface area contributed by atoms with Crippen molar-refractivity contribution in [1.29, 1.82) is 0 Å². The summed E-state index contributed by atoms with van der Waals surface area (Å²) in [5, 5.41) is 11.1. The largest absolute Gasteiger partial charge is 0.423 e. The zero-order valence-corrected chi connectivity index (χ0v) is 11.6. The van der Waals surface area contributed by atoms with Crippen molar-refractivity contribution in [3.8, 4) is 11.1 Å². The van der Waals surface area contributed by atoms with Crippen molar-refractivity contribution in [3.63, 3.8) is 0 Å². The van der Waals surface area contributed by atoms with Gasteiger partial charge in [0, 0.05) is 5.56 Å². The average molecular weight is 336 g/mol. The van der Waals surface area contributed by atoms with E-state index in [-0.39, 0.29) is 21.2 Å². The van der Waals surface area contributed by atoms with Gasteiger partial charge in [0.1, 0.15) is 5.56 Å². The normalized spacial score (nSPS) is 11.5. The number of benzene rings is 2. The number of alkyl halides is 3. The highest BCUT2D eigenvalue weighted by Crippen LogP contribution is 2.44. The van der Waals surface area contributed by atoms with Crippen molar-refractivity contribution >= 4 is 28.9 Å². The van der Waals surface area contributed by atoms with Crippen LogP contribution in [0.2, 0.25) is 10.0 Å². The van der Waals surface area contributed by atoms with E-state index in [1.807, 2.05) is 0 Å². The van der Waals surface area contributed by atoms with Crippen molar-refractivity contribution in [2.24, 2.45) is 0 Å². The van der Waals surface area contributed by atoms with Gasteiger partial charge in [0.2, 0.25) is 0 Å². The van der Waals surface area contributed by atoms with Gasteiger partial charge in [0.25, 0.3) is 5.69 Å². The molecular formula is C13H6Cl2F3NO2. The number of para-hydroxylation sites is 1. The van der Waals surface area contributed by atoms with Crippen LogP contribution in [0.15, 0.2) is 36.4 Å². The first-order chi connectivity index (χ1) is 9.73. The predicted molar refractivity (Wildman–Crippen MR) is 73.6 cm³/mol. The molecule has 8 heteroatoms. The van der Waals surface area contributed by atoms with Gasteiger partial charge in [0.05, 0.1) is 20.5 Å². The molecule has 0 radical (unpaired) electrons. The molecule has 110 valence electrons. The molecule has 2 aromatic carbocycles. The van der Waals surface area contributed by atoms with Crippen LogP contribution in [0.5, 0.6) is 0 Å². The Morgan fingerprint density at radius 1 is 1.00 bits per heavy atom. The van der Waals surface area contributed by atoms with E-state index in [1.54, 1.807) is 0 Å². The number of rotatable bonds is 2. The Labute approximate surface area is 127 Å². The maximum atomic E-state index is 12.9. The molecule has 0 aliphatic heterocycles. The smallest absolute Gasteiger partial charge is 0.258 e. The van der Waals surface area contributed by atoms with Gasteiger partial charge < -0.3 is 0 Å². The van der Waals surface area contributed by atoms with Crippen LogP contribution in [-0.4, -0.2) is 4.92 Å². The number of hydrogen-bond acceptors (Lipinski definition) is 2. The molecule has 0 aliphatic rings. The molecule has 0 fully saturated rings. The van der Waals surface area contributed by atoms with Crippen molar-refractivity contribution in [2.75, 3.05) is 0 Å². The minimum Gasteiger partial charge on any atom is -0.258 e. The van der Waals surface area contributed by atoms with Crippen molar-refractivity contribution in [3.05, 3.63) is 62.1 Å². The number of nitrogens with zero attached hydrogens (tertiary/aromatic N) is 1. The molecule has 0 unspecified atom stereocenters. The zero-order chi connectivity index (χ0) is 15.8. The maximum absolute atomic E-state index is 12.9. The molecule has 0 N–H and O–H groups in total. The first kappa shape index (κ1) is 15.6. The second-order valence-corrected chi connectivity index (χ2v) is 4.84. The topological polar surface area (TPSA) is 43.1 Å². The molecule has 0 atom stereocenters.